The lowest BCUT2D eigenvalue weighted by Crippen LogP contribution is -2.33. The van der Waals surface area contributed by atoms with Crippen LogP contribution >= 0.6 is 11.3 Å². The largest absolute Gasteiger partial charge is 0.485 e. The number of nitrogens with one attached hydrogen (secondary N) is 1. The maximum atomic E-state index is 13.3. The number of amides is 1. The third-order valence-electron chi connectivity index (χ3n) is 5.31. The number of likely N-dealkylation sites (N-methyl/N-ethyl adjacent to an activating group) is 1. The van der Waals surface area contributed by atoms with Gasteiger partial charge >= 0.3 is 0 Å². The lowest BCUT2D eigenvalue weighted by Gasteiger charge is -2.23. The first-order valence-corrected chi connectivity index (χ1v) is 11.3. The summed E-state index contributed by atoms with van der Waals surface area (Å²) in [5.41, 5.74) is 1.32. The highest BCUT2D eigenvalue weighted by Gasteiger charge is 2.28. The van der Waals surface area contributed by atoms with Gasteiger partial charge in [-0.1, -0.05) is 12.1 Å². The van der Waals surface area contributed by atoms with Crippen LogP contribution in [-0.2, 0) is 0 Å². The van der Waals surface area contributed by atoms with Gasteiger partial charge in [0.15, 0.2) is 0 Å². The predicted molar refractivity (Wildman–Crippen MR) is 124 cm³/mol. The number of ether oxygens (including phenoxy) is 1. The zero-order valence-corrected chi connectivity index (χ0v) is 18.9. The van der Waals surface area contributed by atoms with E-state index in [4.69, 9.17) is 4.74 Å². The Morgan fingerprint density at radius 1 is 1.26 bits per heavy atom. The van der Waals surface area contributed by atoms with Crippen LogP contribution < -0.4 is 19.9 Å². The van der Waals surface area contributed by atoms with Crippen molar-refractivity contribution in [1.29, 1.82) is 0 Å². The van der Waals surface area contributed by atoms with E-state index in [0.717, 1.165) is 24.4 Å². The highest BCUT2D eigenvalue weighted by Crippen LogP contribution is 2.31. The van der Waals surface area contributed by atoms with Gasteiger partial charge in [-0.15, -0.1) is 11.3 Å². The van der Waals surface area contributed by atoms with Crippen molar-refractivity contribution in [2.24, 2.45) is 0 Å². The second-order valence-corrected chi connectivity index (χ2v) is 8.52. The molecule has 31 heavy (non-hydrogen) atoms. The lowest BCUT2D eigenvalue weighted by molar-refractivity contribution is 0.0989. The number of fused-ring (bicyclic) bond motifs is 1. The maximum absolute atomic E-state index is 13.3. The molecule has 0 saturated carbocycles. The summed E-state index contributed by atoms with van der Waals surface area (Å²) >= 11 is 1.69. The number of benzene rings is 1. The number of aryl methyl sites for hydroxylation is 1. The van der Waals surface area contributed by atoms with Crippen molar-refractivity contribution in [3.05, 3.63) is 64.2 Å². The molecule has 1 amide bonds. The van der Waals surface area contributed by atoms with Crippen LogP contribution in [0.2, 0.25) is 0 Å². The minimum absolute atomic E-state index is 0.0363. The topological polar surface area (TPSA) is 70.6 Å². The normalized spacial score (nSPS) is 14.9. The molecule has 0 saturated heterocycles. The van der Waals surface area contributed by atoms with Crippen LogP contribution in [0.3, 0.4) is 0 Å². The van der Waals surface area contributed by atoms with Crippen LogP contribution in [0.4, 0.5) is 11.5 Å². The molecule has 0 radical (unpaired) electrons. The van der Waals surface area contributed by atoms with E-state index in [1.165, 1.54) is 4.88 Å². The molecule has 162 valence electrons. The minimum Gasteiger partial charge on any atom is -0.485 e. The summed E-state index contributed by atoms with van der Waals surface area (Å²) in [6.07, 6.45) is 2.45. The fraction of sp³-hybridized carbons (Fsp3) is 0.348. The summed E-state index contributed by atoms with van der Waals surface area (Å²) in [7, 11) is 3.89. The van der Waals surface area contributed by atoms with Gasteiger partial charge in [0.1, 0.15) is 29.1 Å². The van der Waals surface area contributed by atoms with E-state index >= 15 is 0 Å². The minimum atomic E-state index is -0.0958. The first-order valence-electron chi connectivity index (χ1n) is 10.4. The highest BCUT2D eigenvalue weighted by atomic mass is 32.1. The summed E-state index contributed by atoms with van der Waals surface area (Å²) in [5.74, 6) is 1.99. The molecule has 1 aliphatic heterocycles. The Hall–Kier alpha value is -2.97. The molecule has 0 fully saturated rings. The molecule has 0 spiro atoms. The molecule has 2 aromatic heterocycles. The summed E-state index contributed by atoms with van der Waals surface area (Å²) in [6.45, 7) is 3.93. The SMILES string of the molecule is CNCCC(Oc1cccc(N2CCN(C)c3nc(C)ncc3C2=O)c1)c1cccs1. The third kappa shape index (κ3) is 4.70. The molecule has 0 aliphatic carbocycles. The smallest absolute Gasteiger partial charge is 0.263 e. The Morgan fingerprint density at radius 2 is 2.13 bits per heavy atom. The van der Waals surface area contributed by atoms with Crippen LogP contribution in [0.15, 0.2) is 48.0 Å². The Bertz CT molecular complexity index is 1040. The summed E-state index contributed by atoms with van der Waals surface area (Å²) in [5, 5.41) is 5.26. The van der Waals surface area contributed by atoms with Crippen LogP contribution in [0.5, 0.6) is 5.75 Å². The van der Waals surface area contributed by atoms with Crippen LogP contribution in [0, 0.1) is 6.92 Å². The molecule has 4 rings (SSSR count). The standard InChI is InChI=1S/C23H27N5O2S/c1-16-25-15-19-22(26-16)27(3)11-12-28(23(19)29)17-6-4-7-18(14-17)30-20(9-10-24-2)21-8-5-13-31-21/h4-8,13-15,20,24H,9-12H2,1-3H3. The van der Waals surface area contributed by atoms with E-state index in [-0.39, 0.29) is 12.0 Å². The number of anilines is 2. The van der Waals surface area contributed by atoms with Gasteiger partial charge in [-0.3, -0.25) is 4.79 Å². The quantitative estimate of drug-likeness (QED) is 0.608. The maximum Gasteiger partial charge on any atom is 0.263 e. The number of hydrogen-bond donors (Lipinski definition) is 1. The number of rotatable bonds is 7. The van der Waals surface area contributed by atoms with Gasteiger partial charge in [0.05, 0.1) is 0 Å². The number of carbonyl (C=O) groups is 1. The molecular formula is C23H27N5O2S. The van der Waals surface area contributed by atoms with Gasteiger partial charge in [-0.05, 0) is 44.1 Å². The Morgan fingerprint density at radius 3 is 2.90 bits per heavy atom. The molecule has 7 nitrogen and oxygen atoms in total. The Kier molecular flexibility index (Phi) is 6.48. The fourth-order valence-corrected chi connectivity index (χ4v) is 4.44. The Balaban J connectivity index is 1.60. The number of carbonyl (C=O) groups excluding carboxylic acids is 1. The molecule has 1 N–H and O–H groups in total. The number of thiophene rings is 1. The summed E-state index contributed by atoms with van der Waals surface area (Å²) in [4.78, 5) is 27.0. The van der Waals surface area contributed by atoms with Gasteiger partial charge in [0.2, 0.25) is 0 Å². The van der Waals surface area contributed by atoms with Gasteiger partial charge in [0, 0.05) is 49.4 Å². The number of aromatic nitrogens is 2. The van der Waals surface area contributed by atoms with Gasteiger partial charge in [-0.2, -0.15) is 0 Å². The van der Waals surface area contributed by atoms with Crippen molar-refractivity contribution in [3.63, 3.8) is 0 Å². The van der Waals surface area contributed by atoms with Crippen molar-refractivity contribution >= 4 is 28.7 Å². The average molecular weight is 438 g/mol. The van der Waals surface area contributed by atoms with Crippen LogP contribution in [-0.4, -0.2) is 49.6 Å². The molecule has 1 aromatic carbocycles. The molecule has 0 bridgehead atoms. The predicted octanol–water partition coefficient (Wildman–Crippen LogP) is 3.67. The van der Waals surface area contributed by atoms with Crippen LogP contribution in [0.25, 0.3) is 0 Å². The van der Waals surface area contributed by atoms with Gasteiger partial charge in [-0.25, -0.2) is 9.97 Å². The number of hydrogen-bond acceptors (Lipinski definition) is 7. The van der Waals surface area contributed by atoms with Crippen molar-refractivity contribution in [2.75, 3.05) is 43.5 Å². The first kappa shape index (κ1) is 21.3. The van der Waals surface area contributed by atoms with Crippen molar-refractivity contribution in [3.8, 4) is 5.75 Å². The molecule has 8 heteroatoms. The van der Waals surface area contributed by atoms with E-state index < -0.39 is 0 Å². The molecule has 3 heterocycles. The second kappa shape index (κ2) is 9.45. The monoisotopic (exact) mass is 437 g/mol. The van der Waals surface area contributed by atoms with Crippen molar-refractivity contribution < 1.29 is 9.53 Å². The molecule has 1 unspecified atom stereocenters. The lowest BCUT2D eigenvalue weighted by atomic mass is 10.2. The van der Waals surface area contributed by atoms with E-state index in [9.17, 15) is 4.79 Å². The first-order chi connectivity index (χ1) is 15.1. The zero-order valence-electron chi connectivity index (χ0n) is 18.0. The van der Waals surface area contributed by atoms with Crippen LogP contribution in [0.1, 0.15) is 33.6 Å². The van der Waals surface area contributed by atoms with E-state index in [2.05, 4.69) is 26.7 Å². The van der Waals surface area contributed by atoms with Gasteiger partial charge < -0.3 is 19.9 Å². The fourth-order valence-electron chi connectivity index (χ4n) is 3.65. The van der Waals surface area contributed by atoms with Crippen molar-refractivity contribution in [2.45, 2.75) is 19.4 Å². The van der Waals surface area contributed by atoms with E-state index in [1.54, 1.807) is 22.4 Å². The molecule has 1 atom stereocenters. The average Bonchev–Trinajstić information content (AvgIpc) is 3.28. The summed E-state index contributed by atoms with van der Waals surface area (Å²) in [6, 6.07) is 11.9. The number of nitrogens with zero attached hydrogens (tertiary/aromatic N) is 4. The third-order valence-corrected chi connectivity index (χ3v) is 6.27. The molecule has 3 aromatic rings. The summed E-state index contributed by atoms with van der Waals surface area (Å²) < 4.78 is 6.36. The van der Waals surface area contributed by atoms with E-state index in [0.29, 0.717) is 30.3 Å². The van der Waals surface area contributed by atoms with Gasteiger partial charge in [0.25, 0.3) is 5.91 Å². The second-order valence-electron chi connectivity index (χ2n) is 7.54. The zero-order chi connectivity index (χ0) is 21.8. The molecule has 1 aliphatic rings. The molecular weight excluding hydrogens is 410 g/mol. The van der Waals surface area contributed by atoms with Crippen molar-refractivity contribution in [1.82, 2.24) is 15.3 Å². The highest BCUT2D eigenvalue weighted by molar-refractivity contribution is 7.10. The van der Waals surface area contributed by atoms with E-state index in [1.807, 2.05) is 56.3 Å². The Labute approximate surface area is 186 Å².